The van der Waals surface area contributed by atoms with Gasteiger partial charge in [0, 0.05) is 12.8 Å². The summed E-state index contributed by atoms with van der Waals surface area (Å²) in [6.07, 6.45) is 20.9. The second kappa shape index (κ2) is 16.7. The second-order valence-electron chi connectivity index (χ2n) is 6.24. The Morgan fingerprint density at radius 3 is 1.25 bits per heavy atom. The van der Waals surface area contributed by atoms with Crippen LogP contribution in [0.3, 0.4) is 0 Å². The normalized spacial score (nSPS) is 10.9. The third-order valence-corrected chi connectivity index (χ3v) is 4.20. The maximum atomic E-state index is 11.1. The first kappa shape index (κ1) is 19.7. The van der Waals surface area contributed by atoms with E-state index in [2.05, 4.69) is 6.92 Å². The number of hydrogen-bond donors (Lipinski definition) is 0. The van der Waals surface area contributed by atoms with E-state index in [4.69, 9.17) is 0 Å². The molecular weight excluding hydrogens is 244 g/mol. The van der Waals surface area contributed by atoms with Crippen LogP contribution in [0.1, 0.15) is 117 Å². The minimum absolute atomic E-state index is 0.434. The van der Waals surface area contributed by atoms with Crippen LogP contribution in [-0.4, -0.2) is 5.78 Å². The van der Waals surface area contributed by atoms with Gasteiger partial charge in [0.1, 0.15) is 5.78 Å². The number of carbonyl (C=O) groups excluding carboxylic acids is 1. The molecule has 0 amide bonds. The predicted octanol–water partition coefficient (Wildman–Crippen LogP) is 6.84. The second-order valence-corrected chi connectivity index (χ2v) is 6.24. The molecule has 20 heavy (non-hydrogen) atoms. The Bertz CT molecular complexity index is 198. The SMILES string of the molecule is CCCCCCCCCCCCCCCCC(=O)CC. The molecule has 0 spiro atoms. The highest BCUT2D eigenvalue weighted by Crippen LogP contribution is 2.13. The summed E-state index contributed by atoms with van der Waals surface area (Å²) in [6, 6.07) is 0. The van der Waals surface area contributed by atoms with Crippen LogP contribution in [0.5, 0.6) is 0 Å². The highest BCUT2D eigenvalue weighted by atomic mass is 16.1. The first-order valence-electron chi connectivity index (χ1n) is 9.33. The van der Waals surface area contributed by atoms with Gasteiger partial charge in [-0.1, -0.05) is 97.3 Å². The van der Waals surface area contributed by atoms with Crippen LogP contribution in [0.4, 0.5) is 0 Å². The van der Waals surface area contributed by atoms with Crippen LogP contribution in [0.2, 0.25) is 0 Å². The maximum absolute atomic E-state index is 11.1. The van der Waals surface area contributed by atoms with Crippen molar-refractivity contribution in [1.29, 1.82) is 0 Å². The third-order valence-electron chi connectivity index (χ3n) is 4.20. The van der Waals surface area contributed by atoms with Crippen molar-refractivity contribution in [2.24, 2.45) is 0 Å². The monoisotopic (exact) mass is 282 g/mol. The summed E-state index contributed by atoms with van der Waals surface area (Å²) in [6.45, 7) is 4.24. The van der Waals surface area contributed by atoms with Gasteiger partial charge < -0.3 is 0 Å². The molecular formula is C19H38O. The molecule has 0 saturated carbocycles. The molecule has 0 aliphatic carbocycles. The summed E-state index contributed by atoms with van der Waals surface area (Å²) in [5, 5.41) is 0. The molecule has 0 heterocycles. The summed E-state index contributed by atoms with van der Waals surface area (Å²) < 4.78 is 0. The fraction of sp³-hybridized carbons (Fsp3) is 0.947. The van der Waals surface area contributed by atoms with E-state index in [9.17, 15) is 4.79 Å². The summed E-state index contributed by atoms with van der Waals surface area (Å²) in [5.74, 6) is 0.434. The molecule has 0 aliphatic rings. The van der Waals surface area contributed by atoms with E-state index in [1.807, 2.05) is 6.92 Å². The zero-order chi connectivity index (χ0) is 14.9. The highest BCUT2D eigenvalue weighted by molar-refractivity contribution is 5.77. The molecule has 0 aromatic carbocycles. The van der Waals surface area contributed by atoms with Crippen LogP contribution in [0.15, 0.2) is 0 Å². The van der Waals surface area contributed by atoms with Crippen molar-refractivity contribution in [2.75, 3.05) is 0 Å². The first-order valence-corrected chi connectivity index (χ1v) is 9.33. The predicted molar refractivity (Wildman–Crippen MR) is 90.2 cm³/mol. The van der Waals surface area contributed by atoms with Crippen molar-refractivity contribution in [1.82, 2.24) is 0 Å². The van der Waals surface area contributed by atoms with Gasteiger partial charge in [-0.25, -0.2) is 0 Å². The Balaban J connectivity index is 2.97. The Hall–Kier alpha value is -0.330. The molecule has 1 nitrogen and oxygen atoms in total. The van der Waals surface area contributed by atoms with E-state index in [0.29, 0.717) is 5.78 Å². The number of ketones is 1. The van der Waals surface area contributed by atoms with E-state index in [0.717, 1.165) is 19.3 Å². The summed E-state index contributed by atoms with van der Waals surface area (Å²) >= 11 is 0. The molecule has 0 aliphatic heterocycles. The van der Waals surface area contributed by atoms with Crippen molar-refractivity contribution in [3.63, 3.8) is 0 Å². The summed E-state index contributed by atoms with van der Waals surface area (Å²) in [7, 11) is 0. The van der Waals surface area contributed by atoms with Crippen LogP contribution < -0.4 is 0 Å². The minimum Gasteiger partial charge on any atom is -0.300 e. The van der Waals surface area contributed by atoms with Crippen LogP contribution >= 0.6 is 0 Å². The van der Waals surface area contributed by atoms with E-state index in [-0.39, 0.29) is 0 Å². The molecule has 120 valence electrons. The van der Waals surface area contributed by atoms with E-state index >= 15 is 0 Å². The smallest absolute Gasteiger partial charge is 0.132 e. The molecule has 0 radical (unpaired) electrons. The lowest BCUT2D eigenvalue weighted by Crippen LogP contribution is -1.94. The maximum Gasteiger partial charge on any atom is 0.132 e. The van der Waals surface area contributed by atoms with Crippen LogP contribution in [-0.2, 0) is 4.79 Å². The largest absolute Gasteiger partial charge is 0.300 e. The fourth-order valence-corrected chi connectivity index (χ4v) is 2.69. The molecule has 0 N–H and O–H groups in total. The number of unbranched alkanes of at least 4 members (excludes halogenated alkanes) is 13. The molecule has 0 rings (SSSR count). The number of Topliss-reactive ketones (excluding diaryl/α,β-unsaturated/α-hetero) is 1. The van der Waals surface area contributed by atoms with Gasteiger partial charge in [0.2, 0.25) is 0 Å². The topological polar surface area (TPSA) is 17.1 Å². The summed E-state index contributed by atoms with van der Waals surface area (Å²) in [4.78, 5) is 11.1. The van der Waals surface area contributed by atoms with Crippen molar-refractivity contribution < 1.29 is 4.79 Å². The van der Waals surface area contributed by atoms with Gasteiger partial charge in [0.15, 0.2) is 0 Å². The van der Waals surface area contributed by atoms with Crippen molar-refractivity contribution in [3.8, 4) is 0 Å². The zero-order valence-corrected chi connectivity index (χ0v) is 14.2. The Morgan fingerprint density at radius 1 is 0.550 bits per heavy atom. The van der Waals surface area contributed by atoms with Gasteiger partial charge in [-0.2, -0.15) is 0 Å². The molecule has 0 atom stereocenters. The molecule has 0 saturated heterocycles. The molecule has 0 fully saturated rings. The lowest BCUT2D eigenvalue weighted by atomic mass is 10.0. The molecule has 1 heteroatoms. The zero-order valence-electron chi connectivity index (χ0n) is 14.2. The lowest BCUT2D eigenvalue weighted by Gasteiger charge is -2.03. The van der Waals surface area contributed by atoms with Gasteiger partial charge in [-0.05, 0) is 6.42 Å². The van der Waals surface area contributed by atoms with Gasteiger partial charge in [0.25, 0.3) is 0 Å². The average molecular weight is 283 g/mol. The Labute approximate surface area is 127 Å². The minimum atomic E-state index is 0.434. The molecule has 0 unspecified atom stereocenters. The van der Waals surface area contributed by atoms with Gasteiger partial charge in [-0.15, -0.1) is 0 Å². The van der Waals surface area contributed by atoms with Crippen LogP contribution in [0, 0.1) is 0 Å². The molecule has 0 aromatic heterocycles. The first-order chi connectivity index (χ1) is 9.81. The van der Waals surface area contributed by atoms with Crippen molar-refractivity contribution >= 4 is 5.78 Å². The third kappa shape index (κ3) is 15.7. The number of hydrogen-bond acceptors (Lipinski definition) is 1. The molecule has 0 aromatic rings. The van der Waals surface area contributed by atoms with Gasteiger partial charge in [0.05, 0.1) is 0 Å². The number of rotatable bonds is 16. The fourth-order valence-electron chi connectivity index (χ4n) is 2.69. The lowest BCUT2D eigenvalue weighted by molar-refractivity contribution is -0.118. The quantitative estimate of drug-likeness (QED) is 0.283. The molecule has 0 bridgehead atoms. The average Bonchev–Trinajstić information content (AvgIpc) is 2.47. The van der Waals surface area contributed by atoms with E-state index < -0.39 is 0 Å². The van der Waals surface area contributed by atoms with Crippen LogP contribution in [0.25, 0.3) is 0 Å². The highest BCUT2D eigenvalue weighted by Gasteiger charge is 1.97. The Morgan fingerprint density at radius 2 is 0.900 bits per heavy atom. The van der Waals surface area contributed by atoms with E-state index in [1.165, 1.54) is 83.5 Å². The van der Waals surface area contributed by atoms with Gasteiger partial charge in [-0.3, -0.25) is 4.79 Å². The van der Waals surface area contributed by atoms with E-state index in [1.54, 1.807) is 0 Å². The van der Waals surface area contributed by atoms with Gasteiger partial charge >= 0.3 is 0 Å². The van der Waals surface area contributed by atoms with Crippen molar-refractivity contribution in [3.05, 3.63) is 0 Å². The Kier molecular flexibility index (Phi) is 16.4. The summed E-state index contributed by atoms with van der Waals surface area (Å²) in [5.41, 5.74) is 0. The standard InChI is InChI=1S/C19H38O/c1-3-5-6-7-8-9-10-11-12-13-14-15-16-17-18-19(20)4-2/h3-18H2,1-2H3. The number of carbonyl (C=O) groups is 1. The van der Waals surface area contributed by atoms with Crippen molar-refractivity contribution in [2.45, 2.75) is 117 Å².